The molecule has 0 spiro atoms. The normalized spacial score (nSPS) is 10.9. The molecule has 4 nitrogen and oxygen atoms in total. The first-order chi connectivity index (χ1) is 12.7. The largest absolute Gasteiger partial charge is 0.294 e. The van der Waals surface area contributed by atoms with Crippen molar-refractivity contribution in [3.8, 4) is 16.5 Å². The van der Waals surface area contributed by atoms with Crippen LogP contribution < -0.4 is 5.56 Å². The summed E-state index contributed by atoms with van der Waals surface area (Å²) >= 11 is 3.24. The molecule has 0 unspecified atom stereocenters. The lowest BCUT2D eigenvalue weighted by atomic mass is 10.1. The highest BCUT2D eigenvalue weighted by Crippen LogP contribution is 2.38. The summed E-state index contributed by atoms with van der Waals surface area (Å²) in [7, 11) is 0. The number of hydrogen-bond acceptors (Lipinski definition) is 5. The number of aryl methyl sites for hydroxylation is 1. The molecular formula is C20H15N3OS2. The maximum atomic E-state index is 13.2. The molecule has 3 aromatic heterocycles. The van der Waals surface area contributed by atoms with Gasteiger partial charge in [0.05, 0.1) is 29.9 Å². The van der Waals surface area contributed by atoms with E-state index in [1.165, 1.54) is 4.88 Å². The molecule has 0 aliphatic heterocycles. The maximum absolute atomic E-state index is 13.2. The molecule has 0 aliphatic carbocycles. The van der Waals surface area contributed by atoms with Crippen molar-refractivity contribution in [2.75, 3.05) is 0 Å². The summed E-state index contributed by atoms with van der Waals surface area (Å²) in [6.45, 7) is 2.51. The Bertz CT molecular complexity index is 1180. The topological polar surface area (TPSA) is 58.7 Å². The summed E-state index contributed by atoms with van der Waals surface area (Å²) in [5.74, 6) is 0. The molecular weight excluding hydrogens is 362 g/mol. The predicted octanol–water partition coefficient (Wildman–Crippen LogP) is 4.67. The van der Waals surface area contributed by atoms with Crippen LogP contribution in [-0.2, 0) is 13.0 Å². The van der Waals surface area contributed by atoms with Crippen LogP contribution in [-0.4, -0.2) is 9.55 Å². The van der Waals surface area contributed by atoms with E-state index in [0.29, 0.717) is 17.5 Å². The SMILES string of the molecule is CCc1sc2ncn(Cc3cccc(C#N)c3)c(=O)c2c1-c1cccs1. The number of hydrogen-bond donors (Lipinski definition) is 0. The average Bonchev–Trinajstić information content (AvgIpc) is 3.31. The fraction of sp³-hybridized carbons (Fsp3) is 0.150. The van der Waals surface area contributed by atoms with E-state index in [-0.39, 0.29) is 5.56 Å². The Hall–Kier alpha value is -2.75. The molecule has 0 bridgehead atoms. The number of nitrogens with zero attached hydrogens (tertiary/aromatic N) is 3. The molecule has 0 atom stereocenters. The minimum atomic E-state index is -0.0308. The number of benzene rings is 1. The fourth-order valence-electron chi connectivity index (χ4n) is 3.05. The number of rotatable bonds is 4. The maximum Gasteiger partial charge on any atom is 0.263 e. The summed E-state index contributed by atoms with van der Waals surface area (Å²) in [5, 5.41) is 11.8. The molecule has 0 N–H and O–H groups in total. The van der Waals surface area contributed by atoms with Gasteiger partial charge in [-0.1, -0.05) is 25.1 Å². The lowest BCUT2D eigenvalue weighted by Crippen LogP contribution is -2.21. The standard InChI is InChI=1S/C20H15N3OS2/c1-2-15-17(16-7-4-8-25-16)18-19(26-15)22-12-23(20(18)24)11-14-6-3-5-13(9-14)10-21/h3-9,12H,2,11H2,1H3. The number of thiophene rings is 2. The van der Waals surface area contributed by atoms with Crippen LogP contribution >= 0.6 is 22.7 Å². The quantitative estimate of drug-likeness (QED) is 0.519. The summed E-state index contributed by atoms with van der Waals surface area (Å²) in [6, 6.07) is 13.5. The van der Waals surface area contributed by atoms with Crippen molar-refractivity contribution >= 4 is 32.9 Å². The molecule has 128 valence electrons. The Kier molecular flexibility index (Phi) is 4.41. The highest BCUT2D eigenvalue weighted by molar-refractivity contribution is 7.20. The van der Waals surface area contributed by atoms with Gasteiger partial charge in [-0.15, -0.1) is 22.7 Å². The predicted molar refractivity (Wildman–Crippen MR) is 107 cm³/mol. The van der Waals surface area contributed by atoms with E-state index < -0.39 is 0 Å². The van der Waals surface area contributed by atoms with Gasteiger partial charge >= 0.3 is 0 Å². The highest BCUT2D eigenvalue weighted by Gasteiger charge is 2.18. The summed E-state index contributed by atoms with van der Waals surface area (Å²) in [6.07, 6.45) is 2.48. The van der Waals surface area contributed by atoms with Gasteiger partial charge in [0.15, 0.2) is 0 Å². The van der Waals surface area contributed by atoms with Gasteiger partial charge in [-0.25, -0.2) is 4.98 Å². The van der Waals surface area contributed by atoms with Gasteiger partial charge in [-0.05, 0) is 35.6 Å². The van der Waals surface area contributed by atoms with Crippen molar-refractivity contribution in [3.63, 3.8) is 0 Å². The van der Waals surface area contributed by atoms with E-state index in [9.17, 15) is 4.79 Å². The lowest BCUT2D eigenvalue weighted by molar-refractivity contribution is 0.749. The van der Waals surface area contributed by atoms with Gasteiger partial charge in [0.1, 0.15) is 4.83 Å². The van der Waals surface area contributed by atoms with Crippen molar-refractivity contribution in [2.24, 2.45) is 0 Å². The van der Waals surface area contributed by atoms with Crippen molar-refractivity contribution in [3.05, 3.63) is 74.5 Å². The Labute approximate surface area is 158 Å². The van der Waals surface area contributed by atoms with Crippen LogP contribution in [0.4, 0.5) is 0 Å². The first kappa shape index (κ1) is 16.7. The molecule has 0 radical (unpaired) electrons. The molecule has 0 saturated heterocycles. The third-order valence-corrected chi connectivity index (χ3v) is 6.38. The van der Waals surface area contributed by atoms with Crippen LogP contribution in [0.2, 0.25) is 0 Å². The smallest absolute Gasteiger partial charge is 0.263 e. The highest BCUT2D eigenvalue weighted by atomic mass is 32.1. The van der Waals surface area contributed by atoms with E-state index in [4.69, 9.17) is 5.26 Å². The first-order valence-electron chi connectivity index (χ1n) is 8.25. The van der Waals surface area contributed by atoms with E-state index in [1.807, 2.05) is 29.6 Å². The number of nitriles is 1. The van der Waals surface area contributed by atoms with Gasteiger partial charge in [-0.3, -0.25) is 9.36 Å². The molecule has 4 aromatic rings. The second-order valence-corrected chi connectivity index (χ2v) is 7.93. The molecule has 4 rings (SSSR count). The van der Waals surface area contributed by atoms with Crippen LogP contribution in [0.1, 0.15) is 22.9 Å². The molecule has 0 aliphatic rings. The van der Waals surface area contributed by atoms with Crippen molar-refractivity contribution < 1.29 is 0 Å². The van der Waals surface area contributed by atoms with Crippen LogP contribution in [0.5, 0.6) is 0 Å². The van der Waals surface area contributed by atoms with Gasteiger partial charge < -0.3 is 0 Å². The third-order valence-electron chi connectivity index (χ3n) is 4.25. The van der Waals surface area contributed by atoms with Crippen molar-refractivity contribution in [2.45, 2.75) is 19.9 Å². The van der Waals surface area contributed by atoms with Gasteiger partial charge in [0, 0.05) is 15.3 Å². The first-order valence-corrected chi connectivity index (χ1v) is 9.94. The minimum Gasteiger partial charge on any atom is -0.294 e. The van der Waals surface area contributed by atoms with Gasteiger partial charge in [-0.2, -0.15) is 5.26 Å². The Morgan fingerprint density at radius 1 is 1.27 bits per heavy atom. The molecule has 0 amide bonds. The third kappa shape index (κ3) is 2.85. The molecule has 1 aromatic carbocycles. The molecule has 6 heteroatoms. The van der Waals surface area contributed by atoms with E-state index >= 15 is 0 Å². The van der Waals surface area contributed by atoms with Crippen LogP contribution in [0, 0.1) is 11.3 Å². The Morgan fingerprint density at radius 2 is 2.15 bits per heavy atom. The zero-order valence-electron chi connectivity index (χ0n) is 14.1. The second-order valence-electron chi connectivity index (χ2n) is 5.90. The molecule has 0 fully saturated rings. The van der Waals surface area contributed by atoms with E-state index in [0.717, 1.165) is 27.3 Å². The second kappa shape index (κ2) is 6.87. The summed E-state index contributed by atoms with van der Waals surface area (Å²) < 4.78 is 1.63. The molecule has 3 heterocycles. The Balaban J connectivity index is 1.88. The summed E-state index contributed by atoms with van der Waals surface area (Å²) in [4.78, 5) is 20.8. The number of aromatic nitrogens is 2. The monoisotopic (exact) mass is 377 g/mol. The minimum absolute atomic E-state index is 0.0308. The zero-order valence-corrected chi connectivity index (χ0v) is 15.7. The van der Waals surface area contributed by atoms with Crippen LogP contribution in [0.25, 0.3) is 20.7 Å². The van der Waals surface area contributed by atoms with E-state index in [2.05, 4.69) is 24.0 Å². The Morgan fingerprint density at radius 3 is 2.88 bits per heavy atom. The fourth-order valence-corrected chi connectivity index (χ4v) is 5.00. The average molecular weight is 377 g/mol. The van der Waals surface area contributed by atoms with Gasteiger partial charge in [0.2, 0.25) is 0 Å². The van der Waals surface area contributed by atoms with E-state index in [1.54, 1.807) is 39.6 Å². The van der Waals surface area contributed by atoms with Gasteiger partial charge in [0.25, 0.3) is 5.56 Å². The molecule has 0 saturated carbocycles. The summed E-state index contributed by atoms with van der Waals surface area (Å²) in [5.41, 5.74) is 2.50. The number of fused-ring (bicyclic) bond motifs is 1. The lowest BCUT2D eigenvalue weighted by Gasteiger charge is -2.06. The van der Waals surface area contributed by atoms with Crippen molar-refractivity contribution in [1.82, 2.24) is 9.55 Å². The molecule has 26 heavy (non-hydrogen) atoms. The van der Waals surface area contributed by atoms with Crippen LogP contribution in [0.15, 0.2) is 52.9 Å². The van der Waals surface area contributed by atoms with Crippen LogP contribution in [0.3, 0.4) is 0 Å². The zero-order chi connectivity index (χ0) is 18.1. The van der Waals surface area contributed by atoms with Crippen molar-refractivity contribution in [1.29, 1.82) is 5.26 Å².